The minimum absolute atomic E-state index is 0.133. The number of rotatable bonds is 17. The molecule has 9 heteroatoms. The van der Waals surface area contributed by atoms with Gasteiger partial charge in [0, 0.05) is 11.6 Å². The molecule has 0 saturated heterocycles. The molecule has 3 aromatic rings. The van der Waals surface area contributed by atoms with Crippen molar-refractivity contribution in [1.29, 1.82) is 0 Å². The SMILES string of the molecule is C=C(C)C(=O)OCCCCCCCOc1ccc(C(=O)Oc2ccc(-c3ccc(OCCC)cc3)cc2[N+](=O)[O-])cc1. The van der Waals surface area contributed by atoms with Gasteiger partial charge in [-0.15, -0.1) is 0 Å². The first-order valence-corrected chi connectivity index (χ1v) is 14.1. The zero-order valence-electron chi connectivity index (χ0n) is 24.1. The highest BCUT2D eigenvalue weighted by Gasteiger charge is 2.20. The van der Waals surface area contributed by atoms with Gasteiger partial charge >= 0.3 is 17.6 Å². The molecule has 0 atom stereocenters. The van der Waals surface area contributed by atoms with Gasteiger partial charge in [-0.05, 0) is 79.8 Å². The maximum Gasteiger partial charge on any atom is 0.343 e. The summed E-state index contributed by atoms with van der Waals surface area (Å²) >= 11 is 0. The number of nitro groups is 1. The molecule has 0 saturated carbocycles. The molecule has 0 aliphatic rings. The first kappa shape index (κ1) is 31.9. The number of esters is 2. The first-order chi connectivity index (χ1) is 20.3. The predicted molar refractivity (Wildman–Crippen MR) is 160 cm³/mol. The van der Waals surface area contributed by atoms with Crippen molar-refractivity contribution in [2.45, 2.75) is 52.4 Å². The van der Waals surface area contributed by atoms with Crippen molar-refractivity contribution in [3.05, 3.63) is 94.6 Å². The highest BCUT2D eigenvalue weighted by molar-refractivity contribution is 5.92. The van der Waals surface area contributed by atoms with Crippen LogP contribution in [0, 0.1) is 10.1 Å². The second-order valence-corrected chi connectivity index (χ2v) is 9.76. The number of nitrogens with zero attached hydrogens (tertiary/aromatic N) is 1. The van der Waals surface area contributed by atoms with Crippen LogP contribution in [0.3, 0.4) is 0 Å². The summed E-state index contributed by atoms with van der Waals surface area (Å²) in [4.78, 5) is 35.2. The van der Waals surface area contributed by atoms with E-state index in [0.29, 0.717) is 36.7 Å². The van der Waals surface area contributed by atoms with Crippen molar-refractivity contribution < 1.29 is 33.5 Å². The Morgan fingerprint density at radius 3 is 1.98 bits per heavy atom. The molecule has 0 heterocycles. The molecule has 3 aromatic carbocycles. The Balaban J connectivity index is 1.46. The Morgan fingerprint density at radius 2 is 1.36 bits per heavy atom. The molecule has 0 spiro atoms. The molecule has 0 aliphatic carbocycles. The van der Waals surface area contributed by atoms with Crippen molar-refractivity contribution in [2.24, 2.45) is 0 Å². The van der Waals surface area contributed by atoms with Crippen LogP contribution in [-0.4, -0.2) is 36.7 Å². The number of benzene rings is 3. The Kier molecular flexibility index (Phi) is 12.6. The Hall–Kier alpha value is -4.66. The number of carbonyl (C=O) groups is 2. The van der Waals surface area contributed by atoms with E-state index in [1.54, 1.807) is 37.3 Å². The average Bonchev–Trinajstić information content (AvgIpc) is 2.99. The van der Waals surface area contributed by atoms with Crippen molar-refractivity contribution in [1.82, 2.24) is 0 Å². The van der Waals surface area contributed by atoms with E-state index in [1.165, 1.54) is 12.1 Å². The second-order valence-electron chi connectivity index (χ2n) is 9.76. The van der Waals surface area contributed by atoms with Crippen LogP contribution in [0.2, 0.25) is 0 Å². The van der Waals surface area contributed by atoms with Crippen LogP contribution < -0.4 is 14.2 Å². The maximum absolute atomic E-state index is 12.7. The molecule has 0 fully saturated rings. The van der Waals surface area contributed by atoms with Gasteiger partial charge < -0.3 is 18.9 Å². The summed E-state index contributed by atoms with van der Waals surface area (Å²) in [5.41, 5.74) is 1.74. The van der Waals surface area contributed by atoms with Gasteiger partial charge in [0.05, 0.1) is 30.3 Å². The van der Waals surface area contributed by atoms with E-state index in [1.807, 2.05) is 31.2 Å². The number of hydrogen-bond acceptors (Lipinski definition) is 8. The fraction of sp³-hybridized carbons (Fsp3) is 0.333. The van der Waals surface area contributed by atoms with Crippen LogP contribution in [0.15, 0.2) is 78.9 Å². The van der Waals surface area contributed by atoms with Gasteiger partial charge in [-0.3, -0.25) is 10.1 Å². The van der Waals surface area contributed by atoms with Crippen LogP contribution >= 0.6 is 0 Å². The van der Waals surface area contributed by atoms with Gasteiger partial charge in [-0.2, -0.15) is 0 Å². The zero-order chi connectivity index (χ0) is 30.3. The molecule has 0 bridgehead atoms. The minimum atomic E-state index is -0.705. The van der Waals surface area contributed by atoms with Crippen molar-refractivity contribution in [2.75, 3.05) is 19.8 Å². The normalized spacial score (nSPS) is 10.5. The summed E-state index contributed by atoms with van der Waals surface area (Å²) in [5.74, 6) is 0.146. The highest BCUT2D eigenvalue weighted by atomic mass is 16.6. The molecule has 9 nitrogen and oxygen atoms in total. The largest absolute Gasteiger partial charge is 0.494 e. The number of hydrogen-bond donors (Lipinski definition) is 0. The van der Waals surface area contributed by atoms with Crippen molar-refractivity contribution >= 4 is 17.6 Å². The van der Waals surface area contributed by atoms with Crippen molar-refractivity contribution in [3.8, 4) is 28.4 Å². The Bertz CT molecular complexity index is 1350. The second kappa shape index (κ2) is 16.6. The third-order valence-electron chi connectivity index (χ3n) is 6.25. The molecule has 0 amide bonds. The summed E-state index contributed by atoms with van der Waals surface area (Å²) in [6.45, 7) is 8.74. The van der Waals surface area contributed by atoms with Gasteiger partial charge in [0.15, 0.2) is 0 Å². The van der Waals surface area contributed by atoms with Crippen LogP contribution in [0.5, 0.6) is 17.2 Å². The molecule has 0 N–H and O–H groups in total. The Labute approximate surface area is 246 Å². The maximum atomic E-state index is 12.7. The topological polar surface area (TPSA) is 114 Å². The molecular formula is C33H37NO8. The van der Waals surface area contributed by atoms with Crippen LogP contribution in [0.4, 0.5) is 5.69 Å². The lowest BCUT2D eigenvalue weighted by atomic mass is 10.0. The summed E-state index contributed by atoms with van der Waals surface area (Å²) in [5, 5.41) is 11.8. The third-order valence-corrected chi connectivity index (χ3v) is 6.25. The van der Waals surface area contributed by atoms with Gasteiger partial charge in [0.1, 0.15) is 11.5 Å². The van der Waals surface area contributed by atoms with E-state index in [4.69, 9.17) is 18.9 Å². The number of carbonyl (C=O) groups excluding carboxylic acids is 2. The number of nitro benzene ring substituents is 1. The molecule has 42 heavy (non-hydrogen) atoms. The van der Waals surface area contributed by atoms with E-state index in [2.05, 4.69) is 6.58 Å². The molecule has 0 aliphatic heterocycles. The fourth-order valence-electron chi connectivity index (χ4n) is 3.95. The molecule has 0 radical (unpaired) electrons. The van der Waals surface area contributed by atoms with Gasteiger partial charge in [0.2, 0.25) is 5.75 Å². The fourth-order valence-corrected chi connectivity index (χ4v) is 3.95. The molecule has 222 valence electrons. The lowest BCUT2D eigenvalue weighted by Crippen LogP contribution is -2.10. The number of unbranched alkanes of at least 4 members (excludes halogenated alkanes) is 4. The zero-order valence-corrected chi connectivity index (χ0v) is 24.1. The third kappa shape index (κ3) is 10.1. The van der Waals surface area contributed by atoms with Crippen LogP contribution in [-0.2, 0) is 9.53 Å². The average molecular weight is 576 g/mol. The Morgan fingerprint density at radius 1 is 0.786 bits per heavy atom. The monoisotopic (exact) mass is 575 g/mol. The molecule has 0 unspecified atom stereocenters. The van der Waals surface area contributed by atoms with Crippen molar-refractivity contribution in [3.63, 3.8) is 0 Å². The van der Waals surface area contributed by atoms with Crippen LogP contribution in [0.25, 0.3) is 11.1 Å². The smallest absolute Gasteiger partial charge is 0.343 e. The molecule has 0 aromatic heterocycles. The summed E-state index contributed by atoms with van der Waals surface area (Å²) < 4.78 is 21.8. The summed E-state index contributed by atoms with van der Waals surface area (Å²) in [6, 6.07) is 18.2. The van der Waals surface area contributed by atoms with E-state index in [-0.39, 0.29) is 23.0 Å². The molecule has 3 rings (SSSR count). The van der Waals surface area contributed by atoms with Gasteiger partial charge in [-0.25, -0.2) is 9.59 Å². The first-order valence-electron chi connectivity index (χ1n) is 14.1. The van der Waals surface area contributed by atoms with Gasteiger partial charge in [-0.1, -0.05) is 51.0 Å². The van der Waals surface area contributed by atoms with E-state index in [9.17, 15) is 19.7 Å². The van der Waals surface area contributed by atoms with E-state index in [0.717, 1.165) is 49.8 Å². The van der Waals surface area contributed by atoms with E-state index >= 15 is 0 Å². The van der Waals surface area contributed by atoms with Crippen LogP contribution in [0.1, 0.15) is 62.7 Å². The summed E-state index contributed by atoms with van der Waals surface area (Å²) in [7, 11) is 0. The summed E-state index contributed by atoms with van der Waals surface area (Å²) in [6.07, 6.45) is 5.52. The molecular weight excluding hydrogens is 538 g/mol. The van der Waals surface area contributed by atoms with Gasteiger partial charge in [0.25, 0.3) is 0 Å². The minimum Gasteiger partial charge on any atom is -0.494 e. The number of ether oxygens (including phenoxy) is 4. The lowest BCUT2D eigenvalue weighted by Gasteiger charge is -2.09. The highest BCUT2D eigenvalue weighted by Crippen LogP contribution is 2.33. The quantitative estimate of drug-likeness (QED) is 0.0401. The van der Waals surface area contributed by atoms with E-state index < -0.39 is 10.9 Å². The predicted octanol–water partition coefficient (Wildman–Crippen LogP) is 7.72. The standard InChI is InChI=1S/C33H37NO8/c1-4-20-39-28-15-10-25(11-16-28)27-14-19-31(30(23-27)34(37)38)42-33(36)26-12-17-29(18-13-26)40-21-8-6-5-7-9-22-41-32(35)24(2)3/h10-19,23H,2,4-9,20-22H2,1,3H3. The lowest BCUT2D eigenvalue weighted by molar-refractivity contribution is -0.385.